The summed E-state index contributed by atoms with van der Waals surface area (Å²) >= 11 is 12.4. The number of ether oxygens (including phenoxy) is 2. The van der Waals surface area contributed by atoms with Gasteiger partial charge in [0.25, 0.3) is 5.91 Å². The summed E-state index contributed by atoms with van der Waals surface area (Å²) in [4.78, 5) is 28.5. The van der Waals surface area contributed by atoms with E-state index < -0.39 is 17.8 Å². The molecule has 1 atom stereocenters. The fourth-order valence-electron chi connectivity index (χ4n) is 3.26. The van der Waals surface area contributed by atoms with Gasteiger partial charge in [-0.05, 0) is 50.5 Å². The van der Waals surface area contributed by atoms with Gasteiger partial charge in [0, 0.05) is 29.7 Å². The van der Waals surface area contributed by atoms with E-state index in [1.807, 2.05) is 26.8 Å². The molecule has 3 rings (SSSR count). The van der Waals surface area contributed by atoms with Gasteiger partial charge in [-0.3, -0.25) is 4.79 Å². The van der Waals surface area contributed by atoms with Gasteiger partial charge in [-0.2, -0.15) is 0 Å². The number of carbonyl (C=O) groups excluding carboxylic acids is 2. The molecule has 8 heteroatoms. The van der Waals surface area contributed by atoms with Crippen LogP contribution in [0.1, 0.15) is 31.9 Å². The summed E-state index contributed by atoms with van der Waals surface area (Å²) < 4.78 is 11.0. The van der Waals surface area contributed by atoms with Gasteiger partial charge in [0.05, 0.1) is 13.2 Å². The standard InChI is InChI=1S/C19H24Cl2N2O4/c1-19(2,3)27-18(25)23-6-7-26-16(11-23)17(24)22-5-4-12-8-13(20)9-15(21)14(12)10-22/h8-9,16H,4-7,10-11H2,1-3H3. The Morgan fingerprint density at radius 2 is 1.93 bits per heavy atom. The van der Waals surface area contributed by atoms with Crippen molar-refractivity contribution in [2.45, 2.75) is 45.4 Å². The Morgan fingerprint density at radius 3 is 2.63 bits per heavy atom. The molecular weight excluding hydrogens is 391 g/mol. The SMILES string of the molecule is CC(C)(C)OC(=O)N1CCOC(C(=O)N2CCc3cc(Cl)cc(Cl)c3C2)C1. The molecule has 27 heavy (non-hydrogen) atoms. The Kier molecular flexibility index (Phi) is 5.89. The van der Waals surface area contributed by atoms with Crippen molar-refractivity contribution in [3.8, 4) is 0 Å². The number of halogens is 2. The number of rotatable bonds is 1. The van der Waals surface area contributed by atoms with Crippen LogP contribution in [0.15, 0.2) is 12.1 Å². The fourth-order valence-corrected chi connectivity index (χ4v) is 3.86. The largest absolute Gasteiger partial charge is 0.444 e. The summed E-state index contributed by atoms with van der Waals surface area (Å²) in [6.45, 7) is 7.32. The summed E-state index contributed by atoms with van der Waals surface area (Å²) in [7, 11) is 0. The van der Waals surface area contributed by atoms with E-state index in [9.17, 15) is 9.59 Å². The molecule has 0 radical (unpaired) electrons. The van der Waals surface area contributed by atoms with Crippen LogP contribution in [-0.2, 0) is 27.2 Å². The molecule has 0 spiro atoms. The molecule has 1 aromatic carbocycles. The molecule has 1 fully saturated rings. The first-order chi connectivity index (χ1) is 12.6. The number of benzene rings is 1. The molecule has 0 N–H and O–H groups in total. The normalized spacial score (nSPS) is 20.3. The maximum absolute atomic E-state index is 12.9. The molecule has 2 aliphatic heterocycles. The second kappa shape index (κ2) is 7.86. The highest BCUT2D eigenvalue weighted by Gasteiger charge is 2.35. The molecule has 0 aliphatic carbocycles. The van der Waals surface area contributed by atoms with E-state index >= 15 is 0 Å². The van der Waals surface area contributed by atoms with Crippen LogP contribution in [0.5, 0.6) is 0 Å². The van der Waals surface area contributed by atoms with E-state index in [1.54, 1.807) is 11.0 Å². The van der Waals surface area contributed by atoms with Gasteiger partial charge in [-0.1, -0.05) is 23.2 Å². The zero-order valence-corrected chi connectivity index (χ0v) is 17.3. The molecule has 1 unspecified atom stereocenters. The number of hydrogen-bond donors (Lipinski definition) is 0. The van der Waals surface area contributed by atoms with Crippen molar-refractivity contribution < 1.29 is 19.1 Å². The Hall–Kier alpha value is -1.50. The van der Waals surface area contributed by atoms with Crippen LogP contribution in [0.2, 0.25) is 10.0 Å². The second-order valence-corrected chi connectivity index (χ2v) is 8.66. The highest BCUT2D eigenvalue weighted by Crippen LogP contribution is 2.30. The molecule has 148 valence electrons. The third-order valence-corrected chi connectivity index (χ3v) is 5.11. The number of nitrogens with zero attached hydrogens (tertiary/aromatic N) is 2. The van der Waals surface area contributed by atoms with Gasteiger partial charge in [-0.15, -0.1) is 0 Å². The highest BCUT2D eigenvalue weighted by atomic mass is 35.5. The van der Waals surface area contributed by atoms with Gasteiger partial charge < -0.3 is 19.3 Å². The Morgan fingerprint density at radius 1 is 1.19 bits per heavy atom. The third kappa shape index (κ3) is 4.86. The number of hydrogen-bond acceptors (Lipinski definition) is 4. The van der Waals surface area contributed by atoms with Crippen molar-refractivity contribution in [3.63, 3.8) is 0 Å². The van der Waals surface area contributed by atoms with Crippen LogP contribution in [0.4, 0.5) is 4.79 Å². The maximum atomic E-state index is 12.9. The summed E-state index contributed by atoms with van der Waals surface area (Å²) in [5.74, 6) is -0.139. The van der Waals surface area contributed by atoms with Crippen molar-refractivity contribution in [3.05, 3.63) is 33.3 Å². The van der Waals surface area contributed by atoms with Crippen LogP contribution >= 0.6 is 23.2 Å². The van der Waals surface area contributed by atoms with Gasteiger partial charge in [0.2, 0.25) is 0 Å². The average molecular weight is 415 g/mol. The lowest BCUT2D eigenvalue weighted by molar-refractivity contribution is -0.149. The van der Waals surface area contributed by atoms with E-state index in [4.69, 9.17) is 32.7 Å². The molecule has 0 saturated carbocycles. The summed E-state index contributed by atoms with van der Waals surface area (Å²) in [6.07, 6.45) is -0.437. The predicted octanol–water partition coefficient (Wildman–Crippen LogP) is 3.51. The Labute approximate surface area is 169 Å². The third-order valence-electron chi connectivity index (χ3n) is 4.56. The smallest absolute Gasteiger partial charge is 0.410 e. The van der Waals surface area contributed by atoms with Crippen molar-refractivity contribution >= 4 is 35.2 Å². The average Bonchev–Trinajstić information content (AvgIpc) is 2.59. The van der Waals surface area contributed by atoms with Crippen LogP contribution in [-0.4, -0.2) is 59.7 Å². The molecule has 0 aromatic heterocycles. The zero-order chi connectivity index (χ0) is 19.8. The van der Waals surface area contributed by atoms with Crippen molar-refractivity contribution in [1.82, 2.24) is 9.80 Å². The summed E-state index contributed by atoms with van der Waals surface area (Å²) in [6, 6.07) is 3.59. The van der Waals surface area contributed by atoms with Crippen molar-refractivity contribution in [2.24, 2.45) is 0 Å². The van der Waals surface area contributed by atoms with Crippen molar-refractivity contribution in [2.75, 3.05) is 26.2 Å². The molecule has 2 heterocycles. The van der Waals surface area contributed by atoms with E-state index in [1.165, 1.54) is 4.90 Å². The van der Waals surface area contributed by atoms with E-state index in [-0.39, 0.29) is 12.5 Å². The molecule has 1 aromatic rings. The highest BCUT2D eigenvalue weighted by molar-refractivity contribution is 6.35. The molecular formula is C19H24Cl2N2O4. The lowest BCUT2D eigenvalue weighted by Gasteiger charge is -2.37. The van der Waals surface area contributed by atoms with Gasteiger partial charge >= 0.3 is 6.09 Å². The number of morpholine rings is 1. The van der Waals surface area contributed by atoms with E-state index in [2.05, 4.69) is 0 Å². The first-order valence-electron chi connectivity index (χ1n) is 8.99. The van der Waals surface area contributed by atoms with Crippen LogP contribution in [0.3, 0.4) is 0 Å². The molecule has 0 bridgehead atoms. The van der Waals surface area contributed by atoms with Crippen LogP contribution in [0, 0.1) is 0 Å². The zero-order valence-electron chi connectivity index (χ0n) is 15.8. The van der Waals surface area contributed by atoms with Gasteiger partial charge in [0.15, 0.2) is 6.10 Å². The quantitative estimate of drug-likeness (QED) is 0.705. The van der Waals surface area contributed by atoms with Crippen LogP contribution in [0.25, 0.3) is 0 Å². The minimum absolute atomic E-state index is 0.139. The fraction of sp³-hybridized carbons (Fsp3) is 0.579. The number of fused-ring (bicyclic) bond motifs is 1. The second-order valence-electron chi connectivity index (χ2n) is 7.82. The lowest BCUT2D eigenvalue weighted by atomic mass is 9.99. The topological polar surface area (TPSA) is 59.1 Å². The molecule has 2 aliphatic rings. The maximum Gasteiger partial charge on any atom is 0.410 e. The molecule has 1 saturated heterocycles. The number of carbonyl (C=O) groups is 2. The lowest BCUT2D eigenvalue weighted by Crippen LogP contribution is -2.54. The summed E-state index contributed by atoms with van der Waals surface area (Å²) in [5, 5.41) is 1.16. The summed E-state index contributed by atoms with van der Waals surface area (Å²) in [5.41, 5.74) is 1.40. The van der Waals surface area contributed by atoms with Crippen molar-refractivity contribution in [1.29, 1.82) is 0 Å². The molecule has 2 amide bonds. The Balaban J connectivity index is 1.66. The minimum atomic E-state index is -0.695. The Bertz CT molecular complexity index is 748. The predicted molar refractivity (Wildman–Crippen MR) is 103 cm³/mol. The van der Waals surface area contributed by atoms with E-state index in [0.717, 1.165) is 11.1 Å². The van der Waals surface area contributed by atoms with Gasteiger partial charge in [-0.25, -0.2) is 4.79 Å². The first-order valence-corrected chi connectivity index (χ1v) is 9.75. The number of amides is 2. The first kappa shape index (κ1) is 20.2. The molecule has 6 nitrogen and oxygen atoms in total. The van der Waals surface area contributed by atoms with E-state index in [0.29, 0.717) is 42.7 Å². The minimum Gasteiger partial charge on any atom is -0.444 e. The van der Waals surface area contributed by atoms with Crippen LogP contribution < -0.4 is 0 Å². The monoisotopic (exact) mass is 414 g/mol. The van der Waals surface area contributed by atoms with Gasteiger partial charge in [0.1, 0.15) is 5.60 Å².